The first kappa shape index (κ1) is 14.9. The summed E-state index contributed by atoms with van der Waals surface area (Å²) in [7, 11) is -0.963. The van der Waals surface area contributed by atoms with Gasteiger partial charge in [0.2, 0.25) is 0 Å². The largest absolute Gasteiger partial charge is 0.396 e. The van der Waals surface area contributed by atoms with Crippen molar-refractivity contribution in [2.24, 2.45) is 0 Å². The van der Waals surface area contributed by atoms with E-state index >= 15 is 0 Å². The van der Waals surface area contributed by atoms with E-state index in [1.807, 2.05) is 11.9 Å². The molecule has 2 N–H and O–H groups in total. The van der Waals surface area contributed by atoms with Gasteiger partial charge in [0.05, 0.1) is 27.2 Å². The van der Waals surface area contributed by atoms with Crippen LogP contribution < -0.4 is 5.73 Å². The number of halogens is 2. The van der Waals surface area contributed by atoms with E-state index in [2.05, 4.69) is 0 Å². The Balaban J connectivity index is 2.09. The SMILES string of the molecule is CN(Cc1cc(Cl)c(N)c(Cl)c1)C1CCS(=O)(=O)C1. The van der Waals surface area contributed by atoms with Gasteiger partial charge in [-0.1, -0.05) is 23.2 Å². The maximum Gasteiger partial charge on any atom is 0.151 e. The zero-order valence-electron chi connectivity index (χ0n) is 10.6. The minimum absolute atomic E-state index is 0.0557. The molecule has 1 aromatic carbocycles. The van der Waals surface area contributed by atoms with Crippen LogP contribution in [0.5, 0.6) is 0 Å². The van der Waals surface area contributed by atoms with Crippen molar-refractivity contribution in [2.45, 2.75) is 19.0 Å². The van der Waals surface area contributed by atoms with E-state index in [0.717, 1.165) is 5.56 Å². The van der Waals surface area contributed by atoms with Crippen molar-refractivity contribution in [3.05, 3.63) is 27.7 Å². The number of benzene rings is 1. The normalized spacial score (nSPS) is 22.0. The van der Waals surface area contributed by atoms with Crippen LogP contribution in [0.15, 0.2) is 12.1 Å². The van der Waals surface area contributed by atoms with Crippen LogP contribution >= 0.6 is 23.2 Å². The van der Waals surface area contributed by atoms with E-state index in [1.54, 1.807) is 12.1 Å². The molecular formula is C12H16Cl2N2O2S. The predicted molar refractivity (Wildman–Crippen MR) is 79.4 cm³/mol. The molecule has 1 atom stereocenters. The highest BCUT2D eigenvalue weighted by atomic mass is 35.5. The molecule has 1 saturated heterocycles. The van der Waals surface area contributed by atoms with Gasteiger partial charge in [-0.25, -0.2) is 8.42 Å². The first-order valence-electron chi connectivity index (χ1n) is 5.92. The summed E-state index contributed by atoms with van der Waals surface area (Å²) in [5.41, 5.74) is 6.98. The third-order valence-electron chi connectivity index (χ3n) is 3.40. The Morgan fingerprint density at radius 2 is 1.95 bits per heavy atom. The molecule has 4 nitrogen and oxygen atoms in total. The van der Waals surface area contributed by atoms with Crippen LogP contribution in [0.2, 0.25) is 10.0 Å². The van der Waals surface area contributed by atoms with Gasteiger partial charge in [-0.2, -0.15) is 0 Å². The molecule has 0 saturated carbocycles. The Bertz CT molecular complexity index is 566. The summed E-state index contributed by atoms with van der Waals surface area (Å²) in [6, 6.07) is 3.59. The van der Waals surface area contributed by atoms with Gasteiger partial charge in [0.25, 0.3) is 0 Å². The van der Waals surface area contributed by atoms with E-state index in [0.29, 0.717) is 28.7 Å². The van der Waals surface area contributed by atoms with E-state index in [4.69, 9.17) is 28.9 Å². The maximum absolute atomic E-state index is 11.5. The molecule has 1 unspecified atom stereocenters. The van der Waals surface area contributed by atoms with Gasteiger partial charge >= 0.3 is 0 Å². The molecular weight excluding hydrogens is 307 g/mol. The molecule has 1 aromatic rings. The molecule has 106 valence electrons. The van der Waals surface area contributed by atoms with E-state index in [-0.39, 0.29) is 17.5 Å². The van der Waals surface area contributed by atoms with Crippen LogP contribution in [0.1, 0.15) is 12.0 Å². The topological polar surface area (TPSA) is 63.4 Å². The lowest BCUT2D eigenvalue weighted by molar-refractivity contribution is 0.254. The Kier molecular flexibility index (Phi) is 4.30. The average molecular weight is 323 g/mol. The van der Waals surface area contributed by atoms with Crippen LogP contribution in [-0.4, -0.2) is 37.9 Å². The first-order valence-corrected chi connectivity index (χ1v) is 8.50. The second-order valence-corrected chi connectivity index (χ2v) is 7.99. The lowest BCUT2D eigenvalue weighted by Gasteiger charge is -2.23. The zero-order valence-corrected chi connectivity index (χ0v) is 12.9. The van der Waals surface area contributed by atoms with Crippen molar-refractivity contribution in [1.82, 2.24) is 4.90 Å². The zero-order chi connectivity index (χ0) is 14.2. The Morgan fingerprint density at radius 1 is 1.37 bits per heavy atom. The Hall–Kier alpha value is -0.490. The van der Waals surface area contributed by atoms with Gasteiger partial charge in [-0.3, -0.25) is 4.90 Å². The van der Waals surface area contributed by atoms with E-state index in [1.165, 1.54) is 0 Å². The number of sulfone groups is 1. The Labute approximate surface area is 123 Å². The molecule has 0 aliphatic carbocycles. The molecule has 1 heterocycles. The molecule has 0 amide bonds. The number of hydrogen-bond acceptors (Lipinski definition) is 4. The fraction of sp³-hybridized carbons (Fsp3) is 0.500. The second-order valence-electron chi connectivity index (χ2n) is 4.95. The smallest absolute Gasteiger partial charge is 0.151 e. The summed E-state index contributed by atoms with van der Waals surface area (Å²) in [6.45, 7) is 0.597. The van der Waals surface area contributed by atoms with Gasteiger partial charge in [-0.15, -0.1) is 0 Å². The molecule has 1 fully saturated rings. The molecule has 0 bridgehead atoms. The van der Waals surface area contributed by atoms with Gasteiger partial charge in [-0.05, 0) is 31.2 Å². The van der Waals surface area contributed by atoms with Crippen molar-refractivity contribution in [3.63, 3.8) is 0 Å². The van der Waals surface area contributed by atoms with Crippen LogP contribution in [0.4, 0.5) is 5.69 Å². The third-order valence-corrected chi connectivity index (χ3v) is 5.78. The highest BCUT2D eigenvalue weighted by molar-refractivity contribution is 7.91. The highest BCUT2D eigenvalue weighted by Gasteiger charge is 2.30. The van der Waals surface area contributed by atoms with Crippen molar-refractivity contribution in [1.29, 1.82) is 0 Å². The molecule has 7 heteroatoms. The van der Waals surface area contributed by atoms with Gasteiger partial charge in [0.15, 0.2) is 9.84 Å². The quantitative estimate of drug-likeness (QED) is 0.866. The summed E-state index contributed by atoms with van der Waals surface area (Å²) in [5, 5.41) is 0.852. The fourth-order valence-corrected chi connectivity index (χ4v) is 4.61. The van der Waals surface area contributed by atoms with Gasteiger partial charge in [0, 0.05) is 12.6 Å². The first-order chi connectivity index (χ1) is 8.78. The predicted octanol–water partition coefficient (Wildman–Crippen LogP) is 2.19. The lowest BCUT2D eigenvalue weighted by atomic mass is 10.1. The standard InChI is InChI=1S/C12H16Cl2N2O2S/c1-16(9-2-3-19(17,18)7-9)6-8-4-10(13)12(15)11(14)5-8/h4-5,9H,2-3,6-7,15H2,1H3. The molecule has 0 spiro atoms. The van der Waals surface area contributed by atoms with Crippen molar-refractivity contribution in [2.75, 3.05) is 24.3 Å². The molecule has 0 aromatic heterocycles. The number of rotatable bonds is 3. The highest BCUT2D eigenvalue weighted by Crippen LogP contribution is 2.29. The molecule has 2 rings (SSSR count). The van der Waals surface area contributed by atoms with Crippen molar-refractivity contribution >= 4 is 38.7 Å². The van der Waals surface area contributed by atoms with Crippen LogP contribution in [0.3, 0.4) is 0 Å². The van der Waals surface area contributed by atoms with Crippen molar-refractivity contribution < 1.29 is 8.42 Å². The average Bonchev–Trinajstić information content (AvgIpc) is 2.66. The van der Waals surface area contributed by atoms with E-state index < -0.39 is 9.84 Å². The number of nitrogen functional groups attached to an aromatic ring is 1. The number of anilines is 1. The van der Waals surface area contributed by atoms with E-state index in [9.17, 15) is 8.42 Å². The third kappa shape index (κ3) is 3.54. The van der Waals surface area contributed by atoms with Crippen LogP contribution in [-0.2, 0) is 16.4 Å². The maximum atomic E-state index is 11.5. The minimum atomic E-state index is -2.87. The molecule has 1 aliphatic heterocycles. The van der Waals surface area contributed by atoms with Gasteiger partial charge < -0.3 is 5.73 Å². The summed E-state index contributed by atoms with van der Waals surface area (Å²) in [6.07, 6.45) is 0.676. The van der Waals surface area contributed by atoms with Gasteiger partial charge in [0.1, 0.15) is 0 Å². The van der Waals surface area contributed by atoms with Crippen LogP contribution in [0, 0.1) is 0 Å². The number of nitrogens with zero attached hydrogens (tertiary/aromatic N) is 1. The summed E-state index contributed by atoms with van der Waals surface area (Å²) in [4.78, 5) is 2.02. The Morgan fingerprint density at radius 3 is 2.42 bits per heavy atom. The summed E-state index contributed by atoms with van der Waals surface area (Å²) in [5.74, 6) is 0.491. The second kappa shape index (κ2) is 5.48. The fourth-order valence-electron chi connectivity index (χ4n) is 2.27. The monoisotopic (exact) mass is 322 g/mol. The molecule has 19 heavy (non-hydrogen) atoms. The number of hydrogen-bond donors (Lipinski definition) is 1. The van der Waals surface area contributed by atoms with Crippen molar-refractivity contribution in [3.8, 4) is 0 Å². The molecule has 1 aliphatic rings. The minimum Gasteiger partial charge on any atom is -0.396 e. The number of nitrogens with two attached hydrogens (primary N) is 1. The summed E-state index contributed by atoms with van der Waals surface area (Å²) >= 11 is 12.0. The lowest BCUT2D eigenvalue weighted by Crippen LogP contribution is -2.32. The molecule has 0 radical (unpaired) electrons. The summed E-state index contributed by atoms with van der Waals surface area (Å²) < 4.78 is 22.9. The van der Waals surface area contributed by atoms with Crippen LogP contribution in [0.25, 0.3) is 0 Å².